The molecule has 0 bridgehead atoms. The van der Waals surface area contributed by atoms with Gasteiger partial charge in [0.2, 0.25) is 0 Å². The fourth-order valence-corrected chi connectivity index (χ4v) is 1.59. The van der Waals surface area contributed by atoms with E-state index in [4.69, 9.17) is 4.74 Å². The van der Waals surface area contributed by atoms with Crippen molar-refractivity contribution in [3.05, 3.63) is 0 Å². The molecule has 0 saturated heterocycles. The van der Waals surface area contributed by atoms with E-state index in [2.05, 4.69) is 33.0 Å². The van der Waals surface area contributed by atoms with Crippen LogP contribution in [0.25, 0.3) is 0 Å². The van der Waals surface area contributed by atoms with Gasteiger partial charge in [0.1, 0.15) is 0 Å². The molecule has 0 aliphatic carbocycles. The first-order valence-electron chi connectivity index (χ1n) is 6.95. The van der Waals surface area contributed by atoms with Crippen LogP contribution in [-0.4, -0.2) is 26.3 Å². The summed E-state index contributed by atoms with van der Waals surface area (Å²) >= 11 is 0. The highest BCUT2D eigenvalue weighted by Gasteiger charge is 2.02. The Morgan fingerprint density at radius 3 is 2.38 bits per heavy atom. The summed E-state index contributed by atoms with van der Waals surface area (Å²) in [6, 6.07) is 0. The predicted molar refractivity (Wildman–Crippen MR) is 71.8 cm³/mol. The normalized spacial score (nSPS) is 13.3. The van der Waals surface area contributed by atoms with Gasteiger partial charge >= 0.3 is 0 Å². The lowest BCUT2D eigenvalue weighted by atomic mass is 10.1. The molecule has 0 aromatic rings. The van der Waals surface area contributed by atoms with E-state index in [0.717, 1.165) is 32.2 Å². The van der Waals surface area contributed by atoms with Crippen LogP contribution in [0.5, 0.6) is 0 Å². The molecule has 0 aliphatic heterocycles. The van der Waals surface area contributed by atoms with Gasteiger partial charge in [0, 0.05) is 6.61 Å². The Balaban J connectivity index is 3.14. The number of hydrogen-bond acceptors (Lipinski definition) is 2. The summed E-state index contributed by atoms with van der Waals surface area (Å²) in [5.74, 6) is 1.37. The van der Waals surface area contributed by atoms with Crippen LogP contribution >= 0.6 is 0 Å². The fraction of sp³-hybridized carbons (Fsp3) is 1.00. The molecule has 0 aromatic heterocycles. The summed E-state index contributed by atoms with van der Waals surface area (Å²) in [5.41, 5.74) is 0. The van der Waals surface area contributed by atoms with Gasteiger partial charge in [-0.2, -0.15) is 0 Å². The molecule has 1 atom stereocenters. The van der Waals surface area contributed by atoms with E-state index in [0.29, 0.717) is 5.92 Å². The van der Waals surface area contributed by atoms with Crippen LogP contribution in [0.2, 0.25) is 0 Å². The third-order valence-corrected chi connectivity index (χ3v) is 2.59. The number of rotatable bonds is 11. The summed E-state index contributed by atoms with van der Waals surface area (Å²) in [6.45, 7) is 13.0. The van der Waals surface area contributed by atoms with Crippen molar-refractivity contribution in [3.8, 4) is 0 Å². The summed E-state index contributed by atoms with van der Waals surface area (Å²) < 4.78 is 5.66. The fourth-order valence-electron chi connectivity index (χ4n) is 1.59. The minimum atomic E-state index is 0.630. The highest BCUT2D eigenvalue weighted by molar-refractivity contribution is 4.57. The van der Waals surface area contributed by atoms with Crippen molar-refractivity contribution in [2.45, 2.75) is 53.4 Å². The van der Waals surface area contributed by atoms with Crippen molar-refractivity contribution >= 4 is 0 Å². The molecule has 16 heavy (non-hydrogen) atoms. The Morgan fingerprint density at radius 2 is 1.75 bits per heavy atom. The van der Waals surface area contributed by atoms with E-state index >= 15 is 0 Å². The molecule has 0 saturated carbocycles. The molecule has 2 nitrogen and oxygen atoms in total. The molecule has 1 unspecified atom stereocenters. The Morgan fingerprint density at radius 1 is 1.00 bits per heavy atom. The van der Waals surface area contributed by atoms with Crippen LogP contribution < -0.4 is 5.32 Å². The van der Waals surface area contributed by atoms with Gasteiger partial charge in [-0.3, -0.25) is 0 Å². The second kappa shape index (κ2) is 11.4. The standard InChI is InChI=1S/C14H31NO/c1-5-6-7-8-9-16-12-14(4)11-15-10-13(2)3/h13-15H,5-12H2,1-4H3. The summed E-state index contributed by atoms with van der Waals surface area (Å²) in [6.07, 6.45) is 5.18. The van der Waals surface area contributed by atoms with Crippen LogP contribution in [-0.2, 0) is 4.74 Å². The third-order valence-electron chi connectivity index (χ3n) is 2.59. The van der Waals surface area contributed by atoms with Gasteiger partial charge < -0.3 is 10.1 Å². The van der Waals surface area contributed by atoms with Gasteiger partial charge in [-0.15, -0.1) is 0 Å². The van der Waals surface area contributed by atoms with Crippen LogP contribution in [0.15, 0.2) is 0 Å². The number of nitrogens with one attached hydrogen (secondary N) is 1. The second-order valence-electron chi connectivity index (χ2n) is 5.29. The van der Waals surface area contributed by atoms with Gasteiger partial charge in [0.25, 0.3) is 0 Å². The molecular formula is C14H31NO. The number of hydrogen-bond donors (Lipinski definition) is 1. The zero-order valence-corrected chi connectivity index (χ0v) is 11.7. The van der Waals surface area contributed by atoms with Crippen LogP contribution in [0, 0.1) is 11.8 Å². The molecule has 98 valence electrons. The van der Waals surface area contributed by atoms with Crippen molar-refractivity contribution in [2.75, 3.05) is 26.3 Å². The predicted octanol–water partition coefficient (Wildman–Crippen LogP) is 3.47. The molecule has 0 aromatic carbocycles. The zero-order valence-electron chi connectivity index (χ0n) is 11.7. The van der Waals surface area contributed by atoms with Crippen molar-refractivity contribution in [1.29, 1.82) is 0 Å². The molecule has 0 heterocycles. The highest BCUT2D eigenvalue weighted by Crippen LogP contribution is 2.01. The van der Waals surface area contributed by atoms with Crippen LogP contribution in [0.1, 0.15) is 53.4 Å². The molecule has 0 spiro atoms. The molecule has 1 N–H and O–H groups in total. The molecule has 0 fully saturated rings. The summed E-state index contributed by atoms with van der Waals surface area (Å²) in [4.78, 5) is 0. The topological polar surface area (TPSA) is 21.3 Å². The average molecular weight is 229 g/mol. The maximum absolute atomic E-state index is 5.66. The molecule has 0 amide bonds. The second-order valence-corrected chi connectivity index (χ2v) is 5.29. The minimum absolute atomic E-state index is 0.630. The van der Waals surface area contributed by atoms with Gasteiger partial charge in [0.15, 0.2) is 0 Å². The maximum Gasteiger partial charge on any atom is 0.0503 e. The first-order valence-corrected chi connectivity index (χ1v) is 6.95. The van der Waals surface area contributed by atoms with E-state index in [1.807, 2.05) is 0 Å². The van der Waals surface area contributed by atoms with Crippen molar-refractivity contribution < 1.29 is 4.74 Å². The lowest BCUT2D eigenvalue weighted by Crippen LogP contribution is -2.27. The Hall–Kier alpha value is -0.0800. The SMILES string of the molecule is CCCCCCOCC(C)CNCC(C)C. The van der Waals surface area contributed by atoms with Gasteiger partial charge in [-0.05, 0) is 31.3 Å². The van der Waals surface area contributed by atoms with E-state index in [-0.39, 0.29) is 0 Å². The Labute approximate surface area is 102 Å². The third kappa shape index (κ3) is 12.0. The van der Waals surface area contributed by atoms with Crippen LogP contribution in [0.4, 0.5) is 0 Å². The van der Waals surface area contributed by atoms with E-state index in [9.17, 15) is 0 Å². The largest absolute Gasteiger partial charge is 0.381 e. The zero-order chi connectivity index (χ0) is 12.2. The lowest BCUT2D eigenvalue weighted by molar-refractivity contribution is 0.101. The van der Waals surface area contributed by atoms with Gasteiger partial charge in [0.05, 0.1) is 6.61 Å². The lowest BCUT2D eigenvalue weighted by Gasteiger charge is -2.14. The molecule has 0 radical (unpaired) electrons. The Bertz CT molecular complexity index is 137. The van der Waals surface area contributed by atoms with E-state index in [1.54, 1.807) is 0 Å². The number of unbranched alkanes of at least 4 members (excludes halogenated alkanes) is 3. The summed E-state index contributed by atoms with van der Waals surface area (Å²) in [5, 5.41) is 3.47. The monoisotopic (exact) mass is 229 g/mol. The van der Waals surface area contributed by atoms with Gasteiger partial charge in [-0.25, -0.2) is 0 Å². The summed E-state index contributed by atoms with van der Waals surface area (Å²) in [7, 11) is 0. The first-order chi connectivity index (χ1) is 7.66. The van der Waals surface area contributed by atoms with Crippen molar-refractivity contribution in [1.82, 2.24) is 5.32 Å². The van der Waals surface area contributed by atoms with Crippen molar-refractivity contribution in [3.63, 3.8) is 0 Å². The minimum Gasteiger partial charge on any atom is -0.381 e. The first kappa shape index (κ1) is 15.9. The highest BCUT2D eigenvalue weighted by atomic mass is 16.5. The smallest absolute Gasteiger partial charge is 0.0503 e. The van der Waals surface area contributed by atoms with E-state index < -0.39 is 0 Å². The Kier molecular flexibility index (Phi) is 11.3. The van der Waals surface area contributed by atoms with E-state index in [1.165, 1.54) is 25.7 Å². The molecule has 0 rings (SSSR count). The molecular weight excluding hydrogens is 198 g/mol. The number of ether oxygens (including phenoxy) is 1. The quantitative estimate of drug-likeness (QED) is 0.548. The van der Waals surface area contributed by atoms with Gasteiger partial charge in [-0.1, -0.05) is 47.0 Å². The average Bonchev–Trinajstić information content (AvgIpc) is 2.22. The van der Waals surface area contributed by atoms with Crippen molar-refractivity contribution in [2.24, 2.45) is 11.8 Å². The van der Waals surface area contributed by atoms with Crippen LogP contribution in [0.3, 0.4) is 0 Å². The molecule has 0 aliphatic rings. The maximum atomic E-state index is 5.66. The molecule has 2 heteroatoms.